The van der Waals surface area contributed by atoms with Crippen molar-refractivity contribution in [1.82, 2.24) is 0 Å². The molecule has 8 aromatic carbocycles. The quantitative estimate of drug-likeness (QED) is 0.159. The fourth-order valence-corrected chi connectivity index (χ4v) is 16.7. The molecule has 14 rings (SSSR count). The molecular formula is C73H76BN3S. The van der Waals surface area contributed by atoms with Crippen molar-refractivity contribution in [3.63, 3.8) is 0 Å². The normalized spacial score (nSPS) is 20.6. The second kappa shape index (κ2) is 16.7. The van der Waals surface area contributed by atoms with Crippen LogP contribution in [0, 0.1) is 6.92 Å². The van der Waals surface area contributed by atoms with Crippen molar-refractivity contribution >= 4 is 100 Å². The summed E-state index contributed by atoms with van der Waals surface area (Å²) in [5.74, 6) is 0. The Morgan fingerprint density at radius 1 is 0.513 bits per heavy atom. The summed E-state index contributed by atoms with van der Waals surface area (Å²) in [6.45, 7) is 31.9. The van der Waals surface area contributed by atoms with Gasteiger partial charge in [0.15, 0.2) is 0 Å². The third-order valence-corrected chi connectivity index (χ3v) is 21.3. The molecular weight excluding hydrogens is 962 g/mol. The van der Waals surface area contributed by atoms with E-state index in [-0.39, 0.29) is 39.3 Å². The van der Waals surface area contributed by atoms with Gasteiger partial charge in [0.25, 0.3) is 6.71 Å². The number of nitrogens with zero attached hydrogens (tertiary/aromatic N) is 3. The van der Waals surface area contributed by atoms with Gasteiger partial charge in [-0.15, -0.1) is 11.3 Å². The van der Waals surface area contributed by atoms with E-state index in [0.29, 0.717) is 0 Å². The second-order valence-corrected chi connectivity index (χ2v) is 29.1. The molecule has 3 aliphatic heterocycles. The van der Waals surface area contributed by atoms with Gasteiger partial charge in [-0.3, -0.25) is 0 Å². The number of fused-ring (bicyclic) bond motifs is 12. The molecule has 1 aromatic heterocycles. The third kappa shape index (κ3) is 7.07. The molecule has 392 valence electrons. The minimum atomic E-state index is -0.0792. The predicted molar refractivity (Wildman–Crippen MR) is 339 cm³/mol. The first-order chi connectivity index (χ1) is 37.1. The van der Waals surface area contributed by atoms with Gasteiger partial charge in [0.1, 0.15) is 0 Å². The summed E-state index contributed by atoms with van der Waals surface area (Å²) in [4.78, 5) is 8.22. The predicted octanol–water partition coefficient (Wildman–Crippen LogP) is 18.8. The zero-order chi connectivity index (χ0) is 54.2. The van der Waals surface area contributed by atoms with E-state index in [0.717, 1.165) is 17.1 Å². The Balaban J connectivity index is 1.11. The Labute approximate surface area is 469 Å². The number of thiophene rings is 1. The van der Waals surface area contributed by atoms with Gasteiger partial charge in [-0.25, -0.2) is 0 Å². The van der Waals surface area contributed by atoms with Crippen molar-refractivity contribution in [3.8, 4) is 11.1 Å². The van der Waals surface area contributed by atoms with Crippen molar-refractivity contribution < 1.29 is 0 Å². The first kappa shape index (κ1) is 49.7. The van der Waals surface area contributed by atoms with E-state index < -0.39 is 0 Å². The smallest absolute Gasteiger partial charge is 0.252 e. The van der Waals surface area contributed by atoms with Gasteiger partial charge in [-0.1, -0.05) is 174 Å². The monoisotopic (exact) mass is 1040 g/mol. The van der Waals surface area contributed by atoms with Crippen molar-refractivity contribution in [2.75, 3.05) is 14.7 Å². The number of rotatable bonds is 5. The summed E-state index contributed by atoms with van der Waals surface area (Å²) in [6, 6.07) is 59.6. The van der Waals surface area contributed by atoms with Gasteiger partial charge in [-0.2, -0.15) is 0 Å². The Bertz CT molecular complexity index is 3960. The summed E-state index contributed by atoms with van der Waals surface area (Å²) < 4.78 is 2.63. The van der Waals surface area contributed by atoms with Gasteiger partial charge in [0.2, 0.25) is 0 Å². The van der Waals surface area contributed by atoms with Crippen LogP contribution in [0.2, 0.25) is 0 Å². The number of benzene rings is 8. The van der Waals surface area contributed by atoms with Crippen molar-refractivity contribution in [2.24, 2.45) is 0 Å². The third-order valence-electron chi connectivity index (χ3n) is 20.2. The zero-order valence-corrected chi connectivity index (χ0v) is 49.3. The van der Waals surface area contributed by atoms with Crippen LogP contribution in [-0.4, -0.2) is 12.3 Å². The average Bonchev–Trinajstić information content (AvgIpc) is 2.06. The molecule has 0 N–H and O–H groups in total. The number of anilines is 8. The first-order valence-electron chi connectivity index (χ1n) is 29.2. The maximum absolute atomic E-state index is 2.96. The molecule has 2 atom stereocenters. The average molecular weight is 1040 g/mol. The Morgan fingerprint density at radius 3 is 1.91 bits per heavy atom. The summed E-state index contributed by atoms with van der Waals surface area (Å²) in [5.41, 5.74) is 25.8. The molecule has 2 aliphatic carbocycles. The number of hydrogen-bond donors (Lipinski definition) is 0. The molecule has 78 heavy (non-hydrogen) atoms. The Morgan fingerprint density at radius 2 is 1.15 bits per heavy atom. The van der Waals surface area contributed by atoms with Crippen LogP contribution in [0.15, 0.2) is 152 Å². The molecule has 0 amide bonds. The van der Waals surface area contributed by atoms with Crippen molar-refractivity contribution in [3.05, 3.63) is 185 Å². The maximum atomic E-state index is 2.96. The van der Waals surface area contributed by atoms with Crippen LogP contribution >= 0.6 is 11.3 Å². The summed E-state index contributed by atoms with van der Waals surface area (Å²) in [7, 11) is 0. The van der Waals surface area contributed by atoms with Crippen LogP contribution in [-0.2, 0) is 27.1 Å². The minimum Gasteiger partial charge on any atom is -0.335 e. The number of aryl methyl sites for hydroxylation is 1. The molecule has 1 saturated carbocycles. The van der Waals surface area contributed by atoms with Gasteiger partial charge in [0.05, 0.1) is 11.2 Å². The number of hydrogen-bond acceptors (Lipinski definition) is 4. The van der Waals surface area contributed by atoms with Gasteiger partial charge < -0.3 is 14.7 Å². The largest absolute Gasteiger partial charge is 0.335 e. The molecule has 0 saturated heterocycles. The van der Waals surface area contributed by atoms with Crippen molar-refractivity contribution in [2.45, 2.75) is 161 Å². The zero-order valence-electron chi connectivity index (χ0n) is 48.5. The van der Waals surface area contributed by atoms with Crippen LogP contribution in [0.25, 0.3) is 31.3 Å². The molecule has 5 heteroatoms. The van der Waals surface area contributed by atoms with Crippen LogP contribution in [0.4, 0.5) is 45.5 Å². The van der Waals surface area contributed by atoms with Gasteiger partial charge in [-0.05, 0) is 183 Å². The Kier molecular flexibility index (Phi) is 10.7. The lowest BCUT2D eigenvalue weighted by Crippen LogP contribution is -2.66. The van der Waals surface area contributed by atoms with E-state index >= 15 is 0 Å². The second-order valence-electron chi connectivity index (χ2n) is 28.0. The summed E-state index contributed by atoms with van der Waals surface area (Å²) >= 11 is 1.90. The fraction of sp³-hybridized carbons (Fsp3) is 0.342. The van der Waals surface area contributed by atoms with E-state index in [4.69, 9.17) is 0 Å². The van der Waals surface area contributed by atoms with Crippen LogP contribution in [0.3, 0.4) is 0 Å². The molecule has 2 unspecified atom stereocenters. The minimum absolute atomic E-state index is 0.000349. The highest BCUT2D eigenvalue weighted by Crippen LogP contribution is 2.64. The molecule has 5 aliphatic rings. The molecule has 0 radical (unpaired) electrons. The lowest BCUT2D eigenvalue weighted by atomic mass is 9.31. The summed E-state index contributed by atoms with van der Waals surface area (Å²) in [5, 5.41) is 2.64. The molecule has 4 heterocycles. The fourth-order valence-electron chi connectivity index (χ4n) is 15.5. The van der Waals surface area contributed by atoms with Crippen LogP contribution < -0.4 is 31.1 Å². The van der Waals surface area contributed by atoms with E-state index in [9.17, 15) is 0 Å². The van der Waals surface area contributed by atoms with Gasteiger partial charge in [0, 0.05) is 71.0 Å². The molecule has 0 bridgehead atoms. The highest BCUT2D eigenvalue weighted by atomic mass is 32.1. The van der Waals surface area contributed by atoms with E-state index in [1.54, 1.807) is 22.2 Å². The Hall–Kier alpha value is -6.56. The standard InChI is InChI=1S/C73H76BN3S/c1-45-39-60-65-61(40-45)77-67-56(72(12)35-19-20-36-73(72,77)13)44-55-64(71(10,11)38-37-70(55,8)9)66(67)74(65)57-33-31-50(42-59(57)76(60)58-34-27-48(69(5,6)7)41-54(58)46-21-15-14-16-22-46)75(49-28-25-47(26-29-49)68(2,3)4)51-30-32-53-52-23-17-18-24-62(52)78-63(53)43-51/h14-18,21-34,39-44H,19-20,35-38H2,1-13H3. The van der Waals surface area contributed by atoms with Gasteiger partial charge >= 0.3 is 0 Å². The maximum Gasteiger partial charge on any atom is 0.252 e. The van der Waals surface area contributed by atoms with E-state index in [1.807, 2.05) is 11.3 Å². The highest BCUT2D eigenvalue weighted by molar-refractivity contribution is 7.25. The first-order valence-corrected chi connectivity index (χ1v) is 30.0. The van der Waals surface area contributed by atoms with Crippen LogP contribution in [0.5, 0.6) is 0 Å². The lowest BCUT2D eigenvalue weighted by molar-refractivity contribution is 0.195. The molecule has 9 aromatic rings. The molecule has 1 fully saturated rings. The van der Waals surface area contributed by atoms with E-state index in [2.05, 4.69) is 256 Å². The molecule has 3 nitrogen and oxygen atoms in total. The SMILES string of the molecule is Cc1cc2c3c(c1)N1c4c(cc5c(c4B3c3ccc(N(c4ccc(C(C)(C)C)cc4)c4ccc6c(c4)sc4ccccc46)cc3N2c2ccc(C(C)(C)C)cc2-c2ccccc2)C(C)(C)CCC5(C)C)C2(C)CCCCC12C. The van der Waals surface area contributed by atoms with Crippen LogP contribution in [0.1, 0.15) is 155 Å². The van der Waals surface area contributed by atoms with E-state index in [1.165, 1.54) is 126 Å². The highest BCUT2D eigenvalue weighted by Gasteiger charge is 2.63. The van der Waals surface area contributed by atoms with Crippen molar-refractivity contribution in [1.29, 1.82) is 0 Å². The molecule has 0 spiro atoms. The summed E-state index contributed by atoms with van der Waals surface area (Å²) in [6.07, 6.45) is 7.27. The lowest BCUT2D eigenvalue weighted by Gasteiger charge is -2.53. The topological polar surface area (TPSA) is 9.72 Å².